The predicted molar refractivity (Wildman–Crippen MR) is 136 cm³/mol. The number of benzene rings is 1. The molecule has 0 aliphatic rings. The summed E-state index contributed by atoms with van der Waals surface area (Å²) in [7, 11) is -1.04. The van der Waals surface area contributed by atoms with Gasteiger partial charge >= 0.3 is 0 Å². The molecule has 2 N–H and O–H groups in total. The molecule has 1 unspecified atom stereocenters. The zero-order valence-electron chi connectivity index (χ0n) is 21.2. The summed E-state index contributed by atoms with van der Waals surface area (Å²) < 4.78 is 35.9. The summed E-state index contributed by atoms with van der Waals surface area (Å²) in [5.41, 5.74) is 1.46. The molecule has 0 radical (unpaired) electrons. The number of hydrogen-bond donors (Lipinski definition) is 2. The first-order valence-corrected chi connectivity index (χ1v) is 12.7. The van der Waals surface area contributed by atoms with Gasteiger partial charge in [-0.1, -0.05) is 20.8 Å². The van der Waals surface area contributed by atoms with Crippen molar-refractivity contribution in [3.05, 3.63) is 59.5 Å². The van der Waals surface area contributed by atoms with Crippen molar-refractivity contribution < 1.29 is 17.9 Å². The molecule has 0 aliphatic heterocycles. The Morgan fingerprint density at radius 2 is 1.89 bits per heavy atom. The fourth-order valence-electron chi connectivity index (χ4n) is 3.36. The number of anilines is 1. The summed E-state index contributed by atoms with van der Waals surface area (Å²) in [6, 6.07) is 10.7. The highest BCUT2D eigenvalue weighted by molar-refractivity contribution is 7.92. The highest BCUT2D eigenvalue weighted by Crippen LogP contribution is 2.34. The van der Waals surface area contributed by atoms with E-state index in [4.69, 9.17) is 10.00 Å². The van der Waals surface area contributed by atoms with Gasteiger partial charge in [0, 0.05) is 32.0 Å². The number of nitrogens with zero attached hydrogens (tertiary/aromatic N) is 4. The van der Waals surface area contributed by atoms with Crippen LogP contribution in [-0.4, -0.2) is 42.2 Å². The first kappa shape index (κ1) is 26.8. The number of nitriles is 1. The highest BCUT2D eigenvalue weighted by Gasteiger charge is 2.31. The molecule has 0 fully saturated rings. The lowest BCUT2D eigenvalue weighted by Gasteiger charge is -2.28. The second-order valence-corrected chi connectivity index (χ2v) is 11.1. The number of carbonyl (C=O) groups is 1. The number of aromatic nitrogens is 3. The summed E-state index contributed by atoms with van der Waals surface area (Å²) in [6.07, 6.45) is 1.60. The second-order valence-electron chi connectivity index (χ2n) is 9.43. The molecule has 2 heterocycles. The fraction of sp³-hybridized carbons (Fsp3) is 0.360. The lowest BCUT2D eigenvalue weighted by atomic mass is 9.88. The fourth-order valence-corrected chi connectivity index (χ4v) is 4.43. The minimum absolute atomic E-state index is 0.0193. The van der Waals surface area contributed by atoms with E-state index in [2.05, 4.69) is 20.1 Å². The smallest absolute Gasteiger partial charge is 0.271 e. The van der Waals surface area contributed by atoms with Crippen LogP contribution < -0.4 is 10.0 Å². The van der Waals surface area contributed by atoms with E-state index in [0.717, 1.165) is 0 Å². The third-order valence-electron chi connectivity index (χ3n) is 5.87. The van der Waals surface area contributed by atoms with E-state index in [1.54, 1.807) is 25.4 Å². The van der Waals surface area contributed by atoms with E-state index in [1.165, 1.54) is 36.1 Å². The minimum atomic E-state index is -4.14. The molecule has 3 rings (SSSR count). The second kappa shape index (κ2) is 10.5. The standard InChI is InChI=1S/C25H30N6O4S/c1-16(25(2,3)4)28-24(32)23-22(30-36(33,34)18-11-9-17(14-26)10-12-18)21(29-31(23)5)19-8-7-13-27-20(19)15-35-6/h7-13,16,30H,15H2,1-6H3,(H,28,32). The van der Waals surface area contributed by atoms with Crippen LogP contribution in [0, 0.1) is 16.7 Å². The Bertz CT molecular complexity index is 1400. The number of pyridine rings is 1. The molecule has 1 amide bonds. The zero-order chi connectivity index (χ0) is 26.7. The van der Waals surface area contributed by atoms with Crippen molar-refractivity contribution in [3.8, 4) is 17.3 Å². The molecule has 36 heavy (non-hydrogen) atoms. The van der Waals surface area contributed by atoms with Gasteiger partial charge in [0.2, 0.25) is 0 Å². The molecular weight excluding hydrogens is 480 g/mol. The first-order chi connectivity index (χ1) is 16.9. The number of sulfonamides is 1. The Morgan fingerprint density at radius 1 is 1.22 bits per heavy atom. The van der Waals surface area contributed by atoms with Crippen molar-refractivity contribution in [2.45, 2.75) is 45.2 Å². The van der Waals surface area contributed by atoms with Gasteiger partial charge in [-0.2, -0.15) is 10.4 Å². The number of aryl methyl sites for hydroxylation is 1. The number of carbonyl (C=O) groups excluding carboxylic acids is 1. The molecule has 2 aromatic heterocycles. The van der Waals surface area contributed by atoms with Crippen LogP contribution in [0.1, 0.15) is 49.4 Å². The molecular formula is C25H30N6O4S. The number of rotatable bonds is 8. The van der Waals surface area contributed by atoms with Gasteiger partial charge in [0.25, 0.3) is 15.9 Å². The average molecular weight is 511 g/mol. The lowest BCUT2D eigenvalue weighted by Crippen LogP contribution is -2.42. The van der Waals surface area contributed by atoms with Gasteiger partial charge in [0.15, 0.2) is 5.69 Å². The molecule has 0 aliphatic carbocycles. The minimum Gasteiger partial charge on any atom is -0.378 e. The van der Waals surface area contributed by atoms with Crippen LogP contribution in [0.2, 0.25) is 0 Å². The van der Waals surface area contributed by atoms with E-state index in [9.17, 15) is 13.2 Å². The van der Waals surface area contributed by atoms with Gasteiger partial charge in [-0.25, -0.2) is 8.42 Å². The molecule has 3 aromatic rings. The van der Waals surface area contributed by atoms with Crippen molar-refractivity contribution in [1.82, 2.24) is 20.1 Å². The summed E-state index contributed by atoms with van der Waals surface area (Å²) in [4.78, 5) is 17.7. The Labute approximate surface area is 211 Å². The van der Waals surface area contributed by atoms with Crippen LogP contribution in [-0.2, 0) is 28.4 Å². The van der Waals surface area contributed by atoms with Gasteiger partial charge in [-0.3, -0.25) is 19.2 Å². The van der Waals surface area contributed by atoms with Crippen LogP contribution >= 0.6 is 0 Å². The lowest BCUT2D eigenvalue weighted by molar-refractivity contribution is 0.0901. The van der Waals surface area contributed by atoms with E-state index in [-0.39, 0.29) is 40.0 Å². The van der Waals surface area contributed by atoms with Gasteiger partial charge in [-0.15, -0.1) is 0 Å². The van der Waals surface area contributed by atoms with E-state index < -0.39 is 15.9 Å². The van der Waals surface area contributed by atoms with Crippen molar-refractivity contribution in [3.63, 3.8) is 0 Å². The maximum absolute atomic E-state index is 13.4. The maximum Gasteiger partial charge on any atom is 0.271 e. The van der Waals surface area contributed by atoms with Crippen LogP contribution in [0.15, 0.2) is 47.5 Å². The van der Waals surface area contributed by atoms with Gasteiger partial charge in [0.1, 0.15) is 11.4 Å². The van der Waals surface area contributed by atoms with Crippen molar-refractivity contribution in [1.29, 1.82) is 5.26 Å². The molecule has 1 atom stereocenters. The third-order valence-corrected chi connectivity index (χ3v) is 7.23. The number of hydrogen-bond acceptors (Lipinski definition) is 7. The summed E-state index contributed by atoms with van der Waals surface area (Å²) in [6.45, 7) is 8.03. The molecule has 11 heteroatoms. The zero-order valence-corrected chi connectivity index (χ0v) is 22.0. The molecule has 1 aromatic carbocycles. The van der Waals surface area contributed by atoms with E-state index in [1.807, 2.05) is 33.8 Å². The monoisotopic (exact) mass is 510 g/mol. The average Bonchev–Trinajstić information content (AvgIpc) is 3.13. The summed E-state index contributed by atoms with van der Waals surface area (Å²) >= 11 is 0. The normalized spacial score (nSPS) is 12.6. The summed E-state index contributed by atoms with van der Waals surface area (Å²) in [5.74, 6) is -0.478. The van der Waals surface area contributed by atoms with Crippen LogP contribution in [0.25, 0.3) is 11.3 Å². The van der Waals surface area contributed by atoms with Crippen molar-refractivity contribution >= 4 is 21.6 Å². The molecule has 0 bridgehead atoms. The van der Waals surface area contributed by atoms with Gasteiger partial charge in [0.05, 0.1) is 28.8 Å². The highest BCUT2D eigenvalue weighted by atomic mass is 32.2. The SMILES string of the molecule is COCc1ncccc1-c1nn(C)c(C(=O)NC(C)C(C)(C)C)c1NS(=O)(=O)c1ccc(C#N)cc1. The Hall–Kier alpha value is -3.75. The molecule has 10 nitrogen and oxygen atoms in total. The van der Waals surface area contributed by atoms with E-state index in [0.29, 0.717) is 16.8 Å². The Kier molecular flexibility index (Phi) is 7.81. The largest absolute Gasteiger partial charge is 0.378 e. The van der Waals surface area contributed by atoms with Crippen molar-refractivity contribution in [2.24, 2.45) is 12.5 Å². The molecule has 0 spiro atoms. The number of nitrogens with one attached hydrogen (secondary N) is 2. The Balaban J connectivity index is 2.18. The van der Waals surface area contributed by atoms with E-state index >= 15 is 0 Å². The maximum atomic E-state index is 13.4. The topological polar surface area (TPSA) is 139 Å². The van der Waals surface area contributed by atoms with Crippen LogP contribution in [0.3, 0.4) is 0 Å². The van der Waals surface area contributed by atoms with Gasteiger partial charge < -0.3 is 10.1 Å². The predicted octanol–water partition coefficient (Wildman–Crippen LogP) is 3.47. The van der Waals surface area contributed by atoms with Crippen molar-refractivity contribution in [2.75, 3.05) is 11.8 Å². The molecule has 0 saturated carbocycles. The van der Waals surface area contributed by atoms with Crippen LogP contribution in [0.5, 0.6) is 0 Å². The third kappa shape index (κ3) is 5.72. The summed E-state index contributed by atoms with van der Waals surface area (Å²) in [5, 5.41) is 16.5. The molecule has 190 valence electrons. The quantitative estimate of drug-likeness (QED) is 0.473. The van der Waals surface area contributed by atoms with Crippen LogP contribution in [0.4, 0.5) is 5.69 Å². The number of ether oxygens (including phenoxy) is 1. The number of methoxy groups -OCH3 is 1. The molecule has 0 saturated heterocycles. The first-order valence-electron chi connectivity index (χ1n) is 11.2. The van der Waals surface area contributed by atoms with Gasteiger partial charge in [-0.05, 0) is 48.7 Å². The Morgan fingerprint density at radius 3 is 2.47 bits per heavy atom. The number of amides is 1.